The number of carbonyl (C=O) groups is 7. The molecule has 0 bridgehead atoms. The van der Waals surface area contributed by atoms with Gasteiger partial charge in [0.1, 0.15) is 52.1 Å². The third-order valence-electron chi connectivity index (χ3n) is 11.9. The number of benzene rings is 3. The summed E-state index contributed by atoms with van der Waals surface area (Å²) in [5.74, 6) is 0.582. The molecule has 0 saturated carbocycles. The van der Waals surface area contributed by atoms with Gasteiger partial charge >= 0.3 is 18.3 Å². The number of ether oxygens (including phenoxy) is 5. The van der Waals surface area contributed by atoms with Gasteiger partial charge in [0.25, 0.3) is 17.7 Å². The van der Waals surface area contributed by atoms with Crippen molar-refractivity contribution in [1.82, 2.24) is 34.7 Å². The van der Waals surface area contributed by atoms with Crippen LogP contribution in [0.2, 0.25) is 15.1 Å². The molecule has 4 heterocycles. The number of aliphatic hydroxyl groups is 1. The molecule has 3 aromatic carbocycles. The SMILES string of the molecule is CC(C)(C)OC(=O)N1CCC(=O)CC1.CC(C)(C)OC(=O)N1CC[C@H](O)C1.CN(C)C(=O)c1ccc(F)cc1Cl.CN(C)C(=O)c1ccc(O[C@H]2CCN(C(=O)OC(C)(C)C)C2)cc1Cl.CN(C)C(=O)c1ccc(O[C@H]2CCNC2)cc1Cl.S.S.S. The normalized spacial score (nSPS) is 17.0. The highest BCUT2D eigenvalue weighted by Crippen LogP contribution is 2.28. The molecule has 4 fully saturated rings. The minimum atomic E-state index is -0.516. The molecule has 3 atom stereocenters. The molecule has 0 radical (unpaired) electrons. The van der Waals surface area contributed by atoms with Crippen molar-refractivity contribution in [1.29, 1.82) is 0 Å². The molecule has 486 valence electrons. The van der Waals surface area contributed by atoms with E-state index in [1.165, 1.54) is 31.7 Å². The summed E-state index contributed by atoms with van der Waals surface area (Å²) in [6.07, 6.45) is 1.99. The molecule has 3 aromatic rings. The molecule has 0 aromatic heterocycles. The lowest BCUT2D eigenvalue weighted by molar-refractivity contribution is -0.121. The second-order valence-electron chi connectivity index (χ2n) is 23.6. The quantitative estimate of drug-likeness (QED) is 0.211. The van der Waals surface area contributed by atoms with Crippen molar-refractivity contribution in [3.8, 4) is 11.5 Å². The Balaban J connectivity index is 0.00000107. The van der Waals surface area contributed by atoms with E-state index in [2.05, 4.69) is 5.32 Å². The molecule has 0 aliphatic carbocycles. The fourth-order valence-corrected chi connectivity index (χ4v) is 8.55. The molecule has 4 saturated heterocycles. The van der Waals surface area contributed by atoms with Crippen LogP contribution in [0.15, 0.2) is 54.6 Å². The number of ketones is 1. The van der Waals surface area contributed by atoms with E-state index in [0.29, 0.717) is 96.8 Å². The van der Waals surface area contributed by atoms with Crippen LogP contribution in [0.25, 0.3) is 0 Å². The zero-order valence-corrected chi connectivity index (χ0v) is 57.4. The number of aliphatic hydroxyl groups excluding tert-OH is 1. The predicted octanol–water partition coefficient (Wildman–Crippen LogP) is 10.3. The molecule has 0 unspecified atom stereocenters. The number of carbonyl (C=O) groups excluding carboxylic acids is 7. The van der Waals surface area contributed by atoms with Crippen LogP contribution in [0.4, 0.5) is 18.8 Å². The Morgan fingerprint density at radius 1 is 0.535 bits per heavy atom. The summed E-state index contributed by atoms with van der Waals surface area (Å²) in [4.78, 5) is 90.3. The van der Waals surface area contributed by atoms with E-state index in [9.17, 15) is 43.1 Å². The highest BCUT2D eigenvalue weighted by Gasteiger charge is 2.32. The van der Waals surface area contributed by atoms with Crippen molar-refractivity contribution in [2.75, 3.05) is 94.6 Å². The number of nitrogens with zero attached hydrogens (tertiary/aromatic N) is 6. The fraction of sp³-hybridized carbons (Fsp3) is 0.576. The Hall–Kier alpha value is -5.08. The molecule has 27 heteroatoms. The average Bonchev–Trinajstić information content (AvgIpc) is 4.20. The summed E-state index contributed by atoms with van der Waals surface area (Å²) in [5.41, 5.74) is -0.186. The molecule has 0 spiro atoms. The lowest BCUT2D eigenvalue weighted by Gasteiger charge is -2.29. The number of likely N-dealkylation sites (tertiary alicyclic amines) is 3. The highest BCUT2D eigenvalue weighted by atomic mass is 35.5. The topological polar surface area (TPSA) is 217 Å². The van der Waals surface area contributed by atoms with Crippen LogP contribution in [0.5, 0.6) is 11.5 Å². The highest BCUT2D eigenvalue weighted by molar-refractivity contribution is 7.59. The Morgan fingerprint density at radius 2 is 0.907 bits per heavy atom. The maximum absolute atomic E-state index is 12.6. The Morgan fingerprint density at radius 3 is 1.26 bits per heavy atom. The van der Waals surface area contributed by atoms with E-state index in [1.807, 2.05) is 62.3 Å². The third-order valence-corrected chi connectivity index (χ3v) is 12.9. The summed E-state index contributed by atoms with van der Waals surface area (Å²) in [6, 6.07) is 13.9. The lowest BCUT2D eigenvalue weighted by Crippen LogP contribution is -2.41. The lowest BCUT2D eigenvalue weighted by atomic mass is 10.1. The summed E-state index contributed by atoms with van der Waals surface area (Å²) in [6.45, 7) is 21.4. The molecular weight excluding hydrogens is 1240 g/mol. The average molecular weight is 1330 g/mol. The zero-order valence-electron chi connectivity index (χ0n) is 52.2. The molecule has 6 amide bonds. The minimum absolute atomic E-state index is 0. The summed E-state index contributed by atoms with van der Waals surface area (Å²) < 4.78 is 40.0. The molecule has 20 nitrogen and oxygen atoms in total. The fourth-order valence-electron chi connectivity index (χ4n) is 7.80. The number of hydrogen-bond donors (Lipinski definition) is 2. The minimum Gasteiger partial charge on any atom is -0.489 e. The number of Topliss-reactive ketones (excluding diaryl/α,β-unsaturated/α-hetero) is 1. The van der Waals surface area contributed by atoms with Crippen LogP contribution >= 0.6 is 75.3 Å². The molecule has 86 heavy (non-hydrogen) atoms. The van der Waals surface area contributed by atoms with Gasteiger partial charge < -0.3 is 63.5 Å². The number of nitrogens with one attached hydrogen (secondary N) is 1. The van der Waals surface area contributed by atoms with Gasteiger partial charge in [-0.1, -0.05) is 34.8 Å². The second kappa shape index (κ2) is 37.0. The molecule has 4 aliphatic heterocycles. The number of amides is 6. The first kappa shape index (κ1) is 80.9. The molecule has 7 rings (SSSR count). The van der Waals surface area contributed by atoms with Crippen molar-refractivity contribution in [2.45, 2.75) is 130 Å². The van der Waals surface area contributed by atoms with E-state index >= 15 is 0 Å². The summed E-state index contributed by atoms with van der Waals surface area (Å²) in [5, 5.41) is 13.3. The largest absolute Gasteiger partial charge is 0.489 e. The van der Waals surface area contributed by atoms with Crippen LogP contribution in [0.1, 0.15) is 125 Å². The second-order valence-corrected chi connectivity index (χ2v) is 24.8. The van der Waals surface area contributed by atoms with E-state index < -0.39 is 22.6 Å². The number of hydrogen-bond acceptors (Lipinski definition) is 14. The van der Waals surface area contributed by atoms with Crippen molar-refractivity contribution >= 4 is 117 Å². The first-order valence-corrected chi connectivity index (χ1v) is 28.4. The van der Waals surface area contributed by atoms with Gasteiger partial charge in [-0.15, -0.1) is 0 Å². The van der Waals surface area contributed by atoms with Crippen molar-refractivity contribution in [3.05, 3.63) is 92.2 Å². The summed E-state index contributed by atoms with van der Waals surface area (Å²) in [7, 11) is 9.98. The summed E-state index contributed by atoms with van der Waals surface area (Å²) >= 11 is 18.0. The van der Waals surface area contributed by atoms with E-state index in [-0.39, 0.29) is 106 Å². The van der Waals surface area contributed by atoms with Gasteiger partial charge in [0.15, 0.2) is 0 Å². The zero-order chi connectivity index (χ0) is 62.7. The van der Waals surface area contributed by atoms with E-state index in [0.717, 1.165) is 32.0 Å². The number of rotatable bonds is 7. The maximum Gasteiger partial charge on any atom is 0.410 e. The standard InChI is InChI=1S/C18H25ClN2O4.C13H17ClN2O2.C10H17NO3.C9H9ClFNO.C9H17NO3.3H2S/c1-18(2,3)25-17(23)21-9-8-13(11-21)24-12-6-7-14(15(19)10-12)16(22)20(4)5;1-16(2)13(17)11-4-3-9(7-12(11)14)18-10-5-6-15-8-10;1-10(2,3)14-9(13)11-6-4-8(12)5-7-11;1-12(2)9(13)7-4-3-6(11)5-8(7)10;1-9(2,3)13-8(12)10-5-4-7(11)6-10;;;/h6-7,10,13H,8-9,11H2,1-5H3;3-4,7,10,15H,5-6,8H2,1-2H3;4-7H2,1-3H3;3-5H,1-2H3;7,11H,4-6H2,1-3H3;3*1H2/t13-;10-;;;7-;;;/m00..0.../s1. The Labute approximate surface area is 543 Å². The van der Waals surface area contributed by atoms with Gasteiger partial charge in [-0.2, -0.15) is 40.5 Å². The molecule has 4 aliphatic rings. The van der Waals surface area contributed by atoms with Crippen molar-refractivity contribution in [3.63, 3.8) is 0 Å². The van der Waals surface area contributed by atoms with Gasteiger partial charge in [-0.05, 0) is 136 Å². The van der Waals surface area contributed by atoms with Gasteiger partial charge in [0.2, 0.25) is 0 Å². The van der Waals surface area contributed by atoms with Crippen LogP contribution in [-0.2, 0) is 19.0 Å². The Bertz CT molecular complexity index is 2700. The molecular formula is C59H91Cl3FN7O13S3. The van der Waals surface area contributed by atoms with E-state index in [4.69, 9.17) is 58.5 Å². The van der Waals surface area contributed by atoms with Crippen molar-refractivity contribution < 1.29 is 66.7 Å². The predicted molar refractivity (Wildman–Crippen MR) is 349 cm³/mol. The maximum atomic E-state index is 12.6. The van der Waals surface area contributed by atoms with Gasteiger partial charge in [-0.25, -0.2) is 18.8 Å². The first-order valence-electron chi connectivity index (χ1n) is 27.3. The van der Waals surface area contributed by atoms with Crippen LogP contribution in [0, 0.1) is 5.82 Å². The van der Waals surface area contributed by atoms with Crippen LogP contribution in [-0.4, -0.2) is 206 Å². The van der Waals surface area contributed by atoms with E-state index in [1.54, 1.807) is 88.5 Å². The van der Waals surface area contributed by atoms with Gasteiger partial charge in [0.05, 0.1) is 44.4 Å². The molecule has 2 N–H and O–H groups in total. The third kappa shape index (κ3) is 29.3. The Kier molecular flexibility index (Phi) is 34.9. The number of piperidine rings is 1. The monoisotopic (exact) mass is 1330 g/mol. The smallest absolute Gasteiger partial charge is 0.410 e. The number of halogens is 4. The van der Waals surface area contributed by atoms with Crippen LogP contribution in [0.3, 0.4) is 0 Å². The van der Waals surface area contributed by atoms with Gasteiger partial charge in [-0.3, -0.25) is 19.2 Å². The number of β-amino-alcohol motifs (C(OH)–C–C–N with tert-alkyl or cyclic N) is 1. The van der Waals surface area contributed by atoms with Crippen LogP contribution < -0.4 is 14.8 Å². The van der Waals surface area contributed by atoms with Crippen molar-refractivity contribution in [2.24, 2.45) is 0 Å². The van der Waals surface area contributed by atoms with Gasteiger partial charge in [0, 0.05) is 101 Å². The first-order chi connectivity index (χ1) is 38.4.